The fourth-order valence-corrected chi connectivity index (χ4v) is 7.45. The highest BCUT2D eigenvalue weighted by Crippen LogP contribution is 2.46. The molecule has 324 valence electrons. The number of carbonyl (C=O) groups excluding carboxylic acids is 1. The molecule has 7 rings (SSSR count). The van der Waals surface area contributed by atoms with E-state index in [1.165, 1.54) is 10.9 Å². The van der Waals surface area contributed by atoms with E-state index in [2.05, 4.69) is 26.3 Å². The minimum atomic E-state index is -1.44. The van der Waals surface area contributed by atoms with Crippen LogP contribution in [0.15, 0.2) is 120 Å². The summed E-state index contributed by atoms with van der Waals surface area (Å²) in [6.07, 6.45) is -4.50. The third-order valence-corrected chi connectivity index (χ3v) is 10.4. The topological polar surface area (TPSA) is 225 Å². The van der Waals surface area contributed by atoms with E-state index in [1.54, 1.807) is 38.5 Å². The van der Waals surface area contributed by atoms with E-state index < -0.39 is 47.7 Å². The van der Waals surface area contributed by atoms with E-state index in [0.717, 1.165) is 5.56 Å². The van der Waals surface area contributed by atoms with E-state index >= 15 is 0 Å². The Bertz CT molecular complexity index is 2530. The van der Waals surface area contributed by atoms with Gasteiger partial charge >= 0.3 is 0 Å². The number of amides is 1. The van der Waals surface area contributed by atoms with Crippen molar-refractivity contribution in [2.45, 2.75) is 55.5 Å². The second-order valence-electron chi connectivity index (χ2n) is 14.3. The molecule has 0 saturated carbocycles. The summed E-state index contributed by atoms with van der Waals surface area (Å²) in [6.45, 7) is -0.643. The lowest BCUT2D eigenvalue weighted by Gasteiger charge is -2.41. The third-order valence-electron chi connectivity index (χ3n) is 10.4. The molecule has 0 bridgehead atoms. The fraction of sp³-hybridized carbons (Fsp3) is 0.304. The van der Waals surface area contributed by atoms with Crippen LogP contribution in [0.25, 0.3) is 11.2 Å². The Morgan fingerprint density at radius 3 is 2.13 bits per heavy atom. The molecule has 2 aromatic heterocycles. The minimum Gasteiger partial charge on any atom is -0.497 e. The third kappa shape index (κ3) is 9.84. The van der Waals surface area contributed by atoms with Gasteiger partial charge in [0.2, 0.25) is 5.95 Å². The van der Waals surface area contributed by atoms with Gasteiger partial charge in [-0.2, -0.15) is 15.5 Å². The number of anilines is 1. The van der Waals surface area contributed by atoms with Gasteiger partial charge in [0, 0.05) is 6.42 Å². The van der Waals surface area contributed by atoms with Crippen LogP contribution in [0, 0.1) is 22.7 Å². The van der Waals surface area contributed by atoms with Crippen LogP contribution >= 0.6 is 0 Å². The van der Waals surface area contributed by atoms with Gasteiger partial charge in [-0.1, -0.05) is 72.8 Å². The summed E-state index contributed by atoms with van der Waals surface area (Å²) in [4.78, 5) is 37.6. The van der Waals surface area contributed by atoms with Crippen molar-refractivity contribution in [2.75, 3.05) is 39.5 Å². The number of nitriles is 2. The summed E-state index contributed by atoms with van der Waals surface area (Å²) in [6, 6.07) is 37.4. The number of hydrogen-bond acceptors (Lipinski definition) is 14. The van der Waals surface area contributed by atoms with Gasteiger partial charge in [-0.25, -0.2) is 4.98 Å². The molecule has 1 unspecified atom stereocenters. The Kier molecular flexibility index (Phi) is 14.4. The zero-order valence-corrected chi connectivity index (χ0v) is 34.5. The summed E-state index contributed by atoms with van der Waals surface area (Å²) in [7, 11) is 3.15. The van der Waals surface area contributed by atoms with E-state index in [-0.39, 0.29) is 56.4 Å². The van der Waals surface area contributed by atoms with Crippen LogP contribution in [0.5, 0.6) is 17.2 Å². The number of nitrogens with zero attached hydrogens (tertiary/aromatic N) is 5. The van der Waals surface area contributed by atoms with Gasteiger partial charge < -0.3 is 38.3 Å². The number of imidazole rings is 1. The van der Waals surface area contributed by atoms with Crippen LogP contribution in [0.2, 0.25) is 0 Å². The number of para-hydroxylation sites is 1. The Morgan fingerprint density at radius 1 is 0.889 bits per heavy atom. The normalized spacial score (nSPS) is 17.7. The summed E-state index contributed by atoms with van der Waals surface area (Å²) in [5, 5.41) is 33.9. The van der Waals surface area contributed by atoms with Crippen molar-refractivity contribution in [3.05, 3.63) is 143 Å². The number of hydrogen-bond donors (Lipinski definition) is 3. The first-order valence-electron chi connectivity index (χ1n) is 20.0. The van der Waals surface area contributed by atoms with Crippen LogP contribution in [0.4, 0.5) is 5.95 Å². The standard InChI is InChI=1S/C46H45N7O10/c1-57-33-20-16-31(17-21-33)46(30-11-5-3-6-12-30,32-18-22-34(58-2)23-19-32)63-36(15-9-24-47)40-39(55)41(61-29-59-26-10-25-48)44(62-40)53-28-49-38-42(53)51-45(52-43(38)56)50-37(54)27-60-35-13-7-4-8-14-35/h3-8,11-14,16-23,28,36,39-41,44,55H,9-10,15,26-27,29H2,1-2H3,(H2,50,51,52,54,56)/t36?,39-,40-,41-,44-/m1/s1. The van der Waals surface area contributed by atoms with E-state index in [9.17, 15) is 20.0 Å². The lowest BCUT2D eigenvalue weighted by molar-refractivity contribution is -0.147. The van der Waals surface area contributed by atoms with Crippen molar-refractivity contribution >= 4 is 23.0 Å². The summed E-state index contributed by atoms with van der Waals surface area (Å²) >= 11 is 0. The largest absolute Gasteiger partial charge is 0.497 e. The van der Waals surface area contributed by atoms with E-state index in [1.807, 2.05) is 91.0 Å². The quantitative estimate of drug-likeness (QED) is 0.0499. The Balaban J connectivity index is 1.29. The molecule has 17 nitrogen and oxygen atoms in total. The second-order valence-corrected chi connectivity index (χ2v) is 14.3. The first kappa shape index (κ1) is 44.0. The molecular formula is C46H45N7O10. The number of ether oxygens (including phenoxy) is 7. The summed E-state index contributed by atoms with van der Waals surface area (Å²) < 4.78 is 43.9. The molecule has 1 aliphatic heterocycles. The predicted octanol–water partition coefficient (Wildman–Crippen LogP) is 5.37. The number of rotatable bonds is 20. The van der Waals surface area contributed by atoms with Crippen molar-refractivity contribution in [2.24, 2.45) is 0 Å². The van der Waals surface area contributed by atoms with Crippen LogP contribution in [0.3, 0.4) is 0 Å². The molecule has 1 saturated heterocycles. The maximum atomic E-state index is 13.4. The number of nitrogens with one attached hydrogen (secondary N) is 2. The first-order valence-corrected chi connectivity index (χ1v) is 20.0. The lowest BCUT2D eigenvalue weighted by Crippen LogP contribution is -2.46. The highest BCUT2D eigenvalue weighted by Gasteiger charge is 2.52. The van der Waals surface area contributed by atoms with Crippen LogP contribution in [0.1, 0.15) is 42.2 Å². The number of aliphatic hydroxyl groups is 1. The number of fused-ring (bicyclic) bond motifs is 1. The van der Waals surface area contributed by atoms with Gasteiger partial charge in [0.1, 0.15) is 48.0 Å². The smallest absolute Gasteiger partial charge is 0.280 e. The molecule has 4 aromatic carbocycles. The monoisotopic (exact) mass is 855 g/mol. The van der Waals surface area contributed by atoms with Crippen LogP contribution in [-0.4, -0.2) is 89.2 Å². The minimum absolute atomic E-state index is 0.000493. The number of aliphatic hydroxyl groups excluding tert-OH is 1. The molecule has 0 aliphatic carbocycles. The fourth-order valence-electron chi connectivity index (χ4n) is 7.45. The predicted molar refractivity (Wildman–Crippen MR) is 227 cm³/mol. The number of carbonyl (C=O) groups is 1. The molecular weight excluding hydrogens is 811 g/mol. The molecule has 1 aliphatic rings. The van der Waals surface area contributed by atoms with Crippen molar-refractivity contribution in [3.63, 3.8) is 0 Å². The van der Waals surface area contributed by atoms with Crippen molar-refractivity contribution in [3.8, 4) is 29.4 Å². The maximum Gasteiger partial charge on any atom is 0.280 e. The number of methoxy groups -OCH3 is 2. The molecule has 0 radical (unpaired) electrons. The summed E-state index contributed by atoms with van der Waals surface area (Å²) in [5.41, 5.74) is 0.0310. The SMILES string of the molecule is COc1ccc(C(OC(CCC#N)[C@H]2O[C@@H](n3cnc4c(=O)[nH]c(NC(=O)COc5ccccc5)nc43)[C@H](OCOCCC#N)[C@@H]2O)(c2ccccc2)c2ccc(OC)cc2)cc1. The van der Waals surface area contributed by atoms with E-state index in [0.29, 0.717) is 28.4 Å². The Morgan fingerprint density at radius 2 is 1.51 bits per heavy atom. The van der Waals surface area contributed by atoms with Gasteiger partial charge in [0.05, 0.1) is 51.8 Å². The molecule has 1 amide bonds. The second kappa shape index (κ2) is 20.6. The highest BCUT2D eigenvalue weighted by atomic mass is 16.7. The summed E-state index contributed by atoms with van der Waals surface area (Å²) in [5.74, 6) is 0.931. The molecule has 5 atom stereocenters. The molecule has 0 spiro atoms. The van der Waals surface area contributed by atoms with Crippen LogP contribution < -0.4 is 25.1 Å². The zero-order chi connectivity index (χ0) is 44.2. The first-order chi connectivity index (χ1) is 30.8. The van der Waals surface area contributed by atoms with Gasteiger partial charge in [-0.05, 0) is 59.5 Å². The van der Waals surface area contributed by atoms with Crippen LogP contribution in [-0.2, 0) is 29.3 Å². The van der Waals surface area contributed by atoms with Crippen molar-refractivity contribution in [1.82, 2.24) is 19.5 Å². The van der Waals surface area contributed by atoms with Gasteiger partial charge in [-0.15, -0.1) is 0 Å². The van der Waals surface area contributed by atoms with Crippen molar-refractivity contribution < 1.29 is 43.1 Å². The van der Waals surface area contributed by atoms with Crippen molar-refractivity contribution in [1.29, 1.82) is 10.5 Å². The van der Waals surface area contributed by atoms with E-state index in [4.69, 9.17) is 38.4 Å². The number of benzene rings is 4. The van der Waals surface area contributed by atoms with Gasteiger partial charge in [0.15, 0.2) is 24.0 Å². The van der Waals surface area contributed by atoms with Gasteiger partial charge in [0.25, 0.3) is 11.5 Å². The molecule has 63 heavy (non-hydrogen) atoms. The average molecular weight is 856 g/mol. The maximum absolute atomic E-state index is 13.4. The number of aromatic nitrogens is 4. The average Bonchev–Trinajstić information content (AvgIpc) is 3.89. The molecule has 17 heteroatoms. The molecule has 3 N–H and O–H groups in total. The molecule has 1 fully saturated rings. The molecule has 6 aromatic rings. The highest BCUT2D eigenvalue weighted by molar-refractivity contribution is 5.90. The Hall–Kier alpha value is -7.12. The number of H-pyrrole nitrogens is 1. The Labute approximate surface area is 362 Å². The number of aromatic amines is 1. The lowest BCUT2D eigenvalue weighted by atomic mass is 9.79. The van der Waals surface area contributed by atoms with Gasteiger partial charge in [-0.3, -0.25) is 24.5 Å². The molecule has 3 heterocycles. The zero-order valence-electron chi connectivity index (χ0n) is 34.5.